The van der Waals surface area contributed by atoms with Crippen molar-refractivity contribution >= 4 is 29.2 Å². The molecule has 0 aliphatic carbocycles. The van der Waals surface area contributed by atoms with Crippen molar-refractivity contribution < 1.29 is 19.1 Å². The fraction of sp³-hybridized carbons (Fsp3) is 0.625. The van der Waals surface area contributed by atoms with Crippen molar-refractivity contribution in [3.05, 3.63) is 23.8 Å². The van der Waals surface area contributed by atoms with Gasteiger partial charge in [0.2, 0.25) is 11.8 Å². The Morgan fingerprint density at radius 2 is 1.77 bits per heavy atom. The SMILES string of the molecule is CC(C)(C)OC(=O)CC1CCN(c2cccc3c2CCN3C2CCC(=O)NC2=O)CC1. The summed E-state index contributed by atoms with van der Waals surface area (Å²) in [4.78, 5) is 40.6. The number of esters is 1. The van der Waals surface area contributed by atoms with E-state index in [0.717, 1.165) is 44.6 Å². The summed E-state index contributed by atoms with van der Waals surface area (Å²) >= 11 is 0. The molecular weight excluding hydrogens is 394 g/mol. The van der Waals surface area contributed by atoms with E-state index < -0.39 is 5.60 Å². The molecule has 0 spiro atoms. The highest BCUT2D eigenvalue weighted by Crippen LogP contribution is 2.39. The van der Waals surface area contributed by atoms with Crippen LogP contribution in [0.5, 0.6) is 0 Å². The summed E-state index contributed by atoms with van der Waals surface area (Å²) in [6.07, 6.45) is 4.30. The number of benzene rings is 1. The lowest BCUT2D eigenvalue weighted by Crippen LogP contribution is -2.52. The summed E-state index contributed by atoms with van der Waals surface area (Å²) in [5.74, 6) is -0.101. The fourth-order valence-electron chi connectivity index (χ4n) is 5.04. The number of fused-ring (bicyclic) bond motifs is 1. The van der Waals surface area contributed by atoms with Crippen molar-refractivity contribution in [2.45, 2.75) is 70.9 Å². The summed E-state index contributed by atoms with van der Waals surface area (Å²) in [5, 5.41) is 2.48. The average Bonchev–Trinajstić information content (AvgIpc) is 3.11. The zero-order valence-electron chi connectivity index (χ0n) is 18.8. The lowest BCUT2D eigenvalue weighted by molar-refractivity contribution is -0.156. The largest absolute Gasteiger partial charge is 0.460 e. The maximum absolute atomic E-state index is 12.4. The number of imide groups is 1. The van der Waals surface area contributed by atoms with Crippen molar-refractivity contribution in [1.82, 2.24) is 5.32 Å². The summed E-state index contributed by atoms with van der Waals surface area (Å²) < 4.78 is 5.49. The van der Waals surface area contributed by atoms with Gasteiger partial charge in [0.1, 0.15) is 11.6 Å². The van der Waals surface area contributed by atoms with Crippen LogP contribution in [0.25, 0.3) is 0 Å². The quantitative estimate of drug-likeness (QED) is 0.588. The Morgan fingerprint density at radius 1 is 1.06 bits per heavy atom. The van der Waals surface area contributed by atoms with E-state index in [9.17, 15) is 14.4 Å². The van der Waals surface area contributed by atoms with Gasteiger partial charge in [-0.05, 0) is 64.5 Å². The van der Waals surface area contributed by atoms with Gasteiger partial charge in [-0.25, -0.2) is 0 Å². The highest BCUT2D eigenvalue weighted by atomic mass is 16.6. The third-order valence-corrected chi connectivity index (χ3v) is 6.46. The molecule has 4 rings (SSSR count). The van der Waals surface area contributed by atoms with Gasteiger partial charge in [-0.1, -0.05) is 6.07 Å². The number of hydrogen-bond acceptors (Lipinski definition) is 6. The molecule has 3 heterocycles. The zero-order chi connectivity index (χ0) is 22.2. The second kappa shape index (κ2) is 8.52. The minimum Gasteiger partial charge on any atom is -0.460 e. The Kier molecular flexibility index (Phi) is 5.95. The van der Waals surface area contributed by atoms with Crippen LogP contribution in [0.3, 0.4) is 0 Å². The van der Waals surface area contributed by atoms with Gasteiger partial charge >= 0.3 is 5.97 Å². The van der Waals surface area contributed by atoms with Crippen molar-refractivity contribution in [1.29, 1.82) is 0 Å². The number of amides is 2. The van der Waals surface area contributed by atoms with Gasteiger partial charge in [-0.3, -0.25) is 19.7 Å². The van der Waals surface area contributed by atoms with E-state index in [1.807, 2.05) is 20.8 Å². The van der Waals surface area contributed by atoms with E-state index in [4.69, 9.17) is 4.74 Å². The summed E-state index contributed by atoms with van der Waals surface area (Å²) in [6.45, 7) is 8.35. The van der Waals surface area contributed by atoms with Gasteiger partial charge in [0, 0.05) is 49.4 Å². The predicted molar refractivity (Wildman–Crippen MR) is 119 cm³/mol. The predicted octanol–water partition coefficient (Wildman–Crippen LogP) is 2.80. The molecular formula is C24H33N3O4. The Labute approximate surface area is 184 Å². The summed E-state index contributed by atoms with van der Waals surface area (Å²) in [5.41, 5.74) is 3.21. The minimum atomic E-state index is -0.434. The molecule has 2 amide bonds. The first-order valence-corrected chi connectivity index (χ1v) is 11.4. The van der Waals surface area contributed by atoms with E-state index in [1.165, 1.54) is 11.3 Å². The van der Waals surface area contributed by atoms with E-state index in [0.29, 0.717) is 25.2 Å². The number of carbonyl (C=O) groups excluding carboxylic acids is 3. The molecule has 0 bridgehead atoms. The van der Waals surface area contributed by atoms with E-state index in [-0.39, 0.29) is 23.8 Å². The third kappa shape index (κ3) is 4.86. The van der Waals surface area contributed by atoms with Crippen molar-refractivity contribution in [2.75, 3.05) is 29.4 Å². The monoisotopic (exact) mass is 427 g/mol. The lowest BCUT2D eigenvalue weighted by Gasteiger charge is -2.35. The molecule has 2 saturated heterocycles. The molecule has 31 heavy (non-hydrogen) atoms. The number of nitrogens with zero attached hydrogens (tertiary/aromatic N) is 2. The molecule has 0 aromatic heterocycles. The first-order chi connectivity index (χ1) is 14.7. The van der Waals surface area contributed by atoms with Crippen molar-refractivity contribution in [2.24, 2.45) is 5.92 Å². The van der Waals surface area contributed by atoms with Crippen LogP contribution in [0, 0.1) is 5.92 Å². The minimum absolute atomic E-state index is 0.105. The molecule has 1 aromatic carbocycles. The van der Waals surface area contributed by atoms with Crippen LogP contribution >= 0.6 is 0 Å². The number of nitrogens with one attached hydrogen (secondary N) is 1. The highest BCUT2D eigenvalue weighted by molar-refractivity contribution is 6.02. The van der Waals surface area contributed by atoms with E-state index in [2.05, 4.69) is 33.3 Å². The Bertz CT molecular complexity index is 868. The van der Waals surface area contributed by atoms with Crippen LogP contribution in [0.1, 0.15) is 58.4 Å². The smallest absolute Gasteiger partial charge is 0.306 e. The highest BCUT2D eigenvalue weighted by Gasteiger charge is 2.36. The maximum atomic E-state index is 12.4. The molecule has 3 aliphatic heterocycles. The van der Waals surface area contributed by atoms with Crippen LogP contribution in [-0.4, -0.2) is 49.1 Å². The molecule has 2 fully saturated rings. The molecule has 0 saturated carbocycles. The molecule has 7 heteroatoms. The van der Waals surface area contributed by atoms with Crippen LogP contribution in [0.2, 0.25) is 0 Å². The Hall–Kier alpha value is -2.57. The van der Waals surface area contributed by atoms with Gasteiger partial charge < -0.3 is 14.5 Å². The lowest BCUT2D eigenvalue weighted by atomic mass is 9.92. The first-order valence-electron chi connectivity index (χ1n) is 11.4. The van der Waals surface area contributed by atoms with E-state index in [1.54, 1.807) is 0 Å². The molecule has 3 aliphatic rings. The number of anilines is 2. The molecule has 1 atom stereocenters. The van der Waals surface area contributed by atoms with Gasteiger partial charge in [0.25, 0.3) is 0 Å². The van der Waals surface area contributed by atoms with Gasteiger partial charge in [0.15, 0.2) is 0 Å². The van der Waals surface area contributed by atoms with Gasteiger partial charge in [-0.2, -0.15) is 0 Å². The van der Waals surface area contributed by atoms with Gasteiger partial charge in [0.05, 0.1) is 0 Å². The number of hydrogen-bond donors (Lipinski definition) is 1. The van der Waals surface area contributed by atoms with Crippen LogP contribution in [-0.2, 0) is 25.5 Å². The van der Waals surface area contributed by atoms with Crippen molar-refractivity contribution in [3.8, 4) is 0 Å². The summed E-state index contributed by atoms with van der Waals surface area (Å²) in [6, 6.07) is 6.05. The van der Waals surface area contributed by atoms with Crippen LogP contribution < -0.4 is 15.1 Å². The first kappa shape index (κ1) is 21.7. The maximum Gasteiger partial charge on any atom is 0.306 e. The molecule has 1 unspecified atom stereocenters. The number of piperidine rings is 2. The normalized spacial score (nSPS) is 22.4. The average molecular weight is 428 g/mol. The van der Waals surface area contributed by atoms with Crippen LogP contribution in [0.4, 0.5) is 11.4 Å². The molecule has 0 radical (unpaired) electrons. The standard InChI is InChI=1S/C24H33N3O4/c1-24(2,3)31-22(29)15-16-9-12-26(13-10-16)18-5-4-6-19-17(18)11-14-27(19)20-7-8-21(28)25-23(20)30/h4-6,16,20H,7-15H2,1-3H3,(H,25,28,30). The number of carbonyl (C=O) groups is 3. The third-order valence-electron chi connectivity index (χ3n) is 6.46. The Morgan fingerprint density at radius 3 is 2.45 bits per heavy atom. The molecule has 1 N–H and O–H groups in total. The number of ether oxygens (including phenoxy) is 1. The molecule has 1 aromatic rings. The second-order valence-electron chi connectivity index (χ2n) is 9.91. The molecule has 168 valence electrons. The van der Waals surface area contributed by atoms with Crippen LogP contribution in [0.15, 0.2) is 18.2 Å². The Balaban J connectivity index is 1.40. The van der Waals surface area contributed by atoms with Gasteiger partial charge in [-0.15, -0.1) is 0 Å². The number of rotatable bonds is 4. The zero-order valence-corrected chi connectivity index (χ0v) is 18.8. The van der Waals surface area contributed by atoms with E-state index >= 15 is 0 Å². The molecule has 7 nitrogen and oxygen atoms in total. The topological polar surface area (TPSA) is 79.0 Å². The summed E-state index contributed by atoms with van der Waals surface area (Å²) in [7, 11) is 0. The fourth-order valence-corrected chi connectivity index (χ4v) is 5.04. The second-order valence-corrected chi connectivity index (χ2v) is 9.91. The van der Waals surface area contributed by atoms with Crippen molar-refractivity contribution in [3.63, 3.8) is 0 Å².